The molecule has 1 aliphatic rings. The zero-order valence-corrected chi connectivity index (χ0v) is 18.6. The number of aromatic carboxylic acids is 1. The van der Waals surface area contributed by atoms with Crippen LogP contribution in [0.4, 0.5) is 10.5 Å². The van der Waals surface area contributed by atoms with E-state index in [-0.39, 0.29) is 36.5 Å². The highest BCUT2D eigenvalue weighted by atomic mass is 16.5. The van der Waals surface area contributed by atoms with Crippen molar-refractivity contribution in [2.75, 3.05) is 12.4 Å². The van der Waals surface area contributed by atoms with E-state index < -0.39 is 11.9 Å². The molecule has 0 spiro atoms. The molecule has 0 aliphatic carbocycles. The summed E-state index contributed by atoms with van der Waals surface area (Å²) in [4.78, 5) is 42.0. The van der Waals surface area contributed by atoms with Crippen molar-refractivity contribution < 1.29 is 29.0 Å². The number of urea groups is 1. The van der Waals surface area contributed by atoms with E-state index in [1.54, 1.807) is 42.3 Å². The Morgan fingerprint density at radius 1 is 1.15 bits per heavy atom. The van der Waals surface area contributed by atoms with Crippen LogP contribution in [-0.2, 0) is 17.9 Å². The Balaban J connectivity index is 1.46. The van der Waals surface area contributed by atoms with Crippen molar-refractivity contribution in [2.45, 2.75) is 26.1 Å². The van der Waals surface area contributed by atoms with Crippen LogP contribution in [0.2, 0.25) is 0 Å². The lowest BCUT2D eigenvalue weighted by Crippen LogP contribution is -2.40. The van der Waals surface area contributed by atoms with Crippen LogP contribution in [-0.4, -0.2) is 40.1 Å². The Hall–Kier alpha value is -4.40. The number of pyridine rings is 1. The molecule has 1 unspecified atom stereocenters. The van der Waals surface area contributed by atoms with Gasteiger partial charge >= 0.3 is 18.0 Å². The summed E-state index contributed by atoms with van der Waals surface area (Å²) in [6.45, 7) is 2.20. The standard InChI is InChI=1S/C25H23N3O6/c1-15(17-5-7-18(8-6-17)23(29)30)28-13-19-11-21(26-12-22(19)27-25(28)32)24(31)34-14-16-3-9-20(33-2)10-4-16/h3-12,15H,13-14H2,1-2H3,(H,27,32)(H,29,30). The van der Waals surface area contributed by atoms with Gasteiger partial charge in [-0.05, 0) is 53.9 Å². The number of benzene rings is 2. The molecule has 2 aromatic carbocycles. The number of carbonyl (C=O) groups is 3. The Bertz CT molecular complexity index is 1220. The number of carboxylic acids is 1. The number of nitrogens with one attached hydrogen (secondary N) is 1. The first-order valence-corrected chi connectivity index (χ1v) is 10.6. The Labute approximate surface area is 195 Å². The van der Waals surface area contributed by atoms with E-state index in [4.69, 9.17) is 14.6 Å². The second-order valence-corrected chi connectivity index (χ2v) is 7.81. The number of amides is 2. The quantitative estimate of drug-likeness (QED) is 0.505. The van der Waals surface area contributed by atoms with E-state index in [9.17, 15) is 14.4 Å². The van der Waals surface area contributed by atoms with E-state index >= 15 is 0 Å². The molecule has 34 heavy (non-hydrogen) atoms. The number of carboxylic acid groups (broad SMARTS) is 1. The highest BCUT2D eigenvalue weighted by Crippen LogP contribution is 2.30. The van der Waals surface area contributed by atoms with Crippen LogP contribution in [0, 0.1) is 0 Å². The van der Waals surface area contributed by atoms with E-state index in [0.29, 0.717) is 11.4 Å². The van der Waals surface area contributed by atoms with Gasteiger partial charge in [-0.15, -0.1) is 0 Å². The van der Waals surface area contributed by atoms with Gasteiger partial charge in [-0.3, -0.25) is 0 Å². The van der Waals surface area contributed by atoms with Gasteiger partial charge in [-0.1, -0.05) is 24.3 Å². The van der Waals surface area contributed by atoms with Crippen LogP contribution >= 0.6 is 0 Å². The molecule has 0 fully saturated rings. The smallest absolute Gasteiger partial charge is 0.357 e. The number of carbonyl (C=O) groups excluding carboxylic acids is 2. The number of methoxy groups -OCH3 is 1. The summed E-state index contributed by atoms with van der Waals surface area (Å²) in [6, 6.07) is 14.6. The fourth-order valence-corrected chi connectivity index (χ4v) is 3.64. The number of ether oxygens (including phenoxy) is 2. The summed E-state index contributed by atoms with van der Waals surface area (Å²) in [6.07, 6.45) is 1.45. The third-order valence-corrected chi connectivity index (χ3v) is 5.68. The second kappa shape index (κ2) is 9.62. The number of esters is 1. The minimum absolute atomic E-state index is 0.0911. The highest BCUT2D eigenvalue weighted by molar-refractivity contribution is 5.94. The number of nitrogens with zero attached hydrogens (tertiary/aromatic N) is 2. The van der Waals surface area contributed by atoms with Gasteiger partial charge in [0, 0.05) is 0 Å². The molecule has 2 N–H and O–H groups in total. The maximum Gasteiger partial charge on any atom is 0.357 e. The lowest BCUT2D eigenvalue weighted by molar-refractivity contribution is 0.0465. The average Bonchev–Trinajstić information content (AvgIpc) is 2.86. The second-order valence-electron chi connectivity index (χ2n) is 7.81. The summed E-state index contributed by atoms with van der Waals surface area (Å²) < 4.78 is 10.5. The molecule has 2 heterocycles. The number of hydrogen-bond donors (Lipinski definition) is 2. The number of rotatable bonds is 7. The monoisotopic (exact) mass is 461 g/mol. The van der Waals surface area contributed by atoms with Gasteiger partial charge in [-0.25, -0.2) is 19.4 Å². The van der Waals surface area contributed by atoms with Crippen LogP contribution in [0.1, 0.15) is 50.5 Å². The van der Waals surface area contributed by atoms with E-state index in [1.165, 1.54) is 18.3 Å². The van der Waals surface area contributed by atoms with Crippen molar-refractivity contribution in [3.05, 3.63) is 88.7 Å². The van der Waals surface area contributed by atoms with Gasteiger partial charge in [-0.2, -0.15) is 0 Å². The third-order valence-electron chi connectivity index (χ3n) is 5.68. The molecule has 1 aliphatic heterocycles. The summed E-state index contributed by atoms with van der Waals surface area (Å²) >= 11 is 0. The fourth-order valence-electron chi connectivity index (χ4n) is 3.64. The van der Waals surface area contributed by atoms with Gasteiger partial charge in [0.1, 0.15) is 18.1 Å². The summed E-state index contributed by atoms with van der Waals surface area (Å²) in [7, 11) is 1.58. The van der Waals surface area contributed by atoms with E-state index in [2.05, 4.69) is 10.3 Å². The Morgan fingerprint density at radius 3 is 2.50 bits per heavy atom. The van der Waals surface area contributed by atoms with Crippen molar-refractivity contribution in [1.29, 1.82) is 0 Å². The molecule has 9 heteroatoms. The zero-order valence-electron chi connectivity index (χ0n) is 18.6. The molecule has 2 amide bonds. The molecule has 0 bridgehead atoms. The largest absolute Gasteiger partial charge is 0.497 e. The van der Waals surface area contributed by atoms with Crippen molar-refractivity contribution in [1.82, 2.24) is 9.88 Å². The van der Waals surface area contributed by atoms with Crippen LogP contribution < -0.4 is 10.1 Å². The van der Waals surface area contributed by atoms with Gasteiger partial charge in [0.2, 0.25) is 0 Å². The number of anilines is 1. The summed E-state index contributed by atoms with van der Waals surface area (Å²) in [5.41, 5.74) is 3.17. The number of hydrogen-bond acceptors (Lipinski definition) is 6. The van der Waals surface area contributed by atoms with E-state index in [0.717, 1.165) is 16.7 Å². The summed E-state index contributed by atoms with van der Waals surface area (Å²) in [5.74, 6) is -0.868. The molecule has 0 saturated heterocycles. The minimum atomic E-state index is -1.01. The molecular weight excluding hydrogens is 438 g/mol. The lowest BCUT2D eigenvalue weighted by Gasteiger charge is -2.34. The van der Waals surface area contributed by atoms with Gasteiger partial charge in [0.25, 0.3) is 0 Å². The zero-order chi connectivity index (χ0) is 24.2. The maximum atomic E-state index is 12.7. The van der Waals surface area contributed by atoms with Crippen LogP contribution in [0.3, 0.4) is 0 Å². The first-order valence-electron chi connectivity index (χ1n) is 10.6. The van der Waals surface area contributed by atoms with Crippen LogP contribution in [0.5, 0.6) is 5.75 Å². The minimum Gasteiger partial charge on any atom is -0.497 e. The molecule has 9 nitrogen and oxygen atoms in total. The SMILES string of the molecule is COc1ccc(COC(=O)c2cc3c(cn2)NC(=O)N(C(C)c2ccc(C(=O)O)cc2)C3)cc1. The topological polar surface area (TPSA) is 118 Å². The van der Waals surface area contributed by atoms with Crippen LogP contribution in [0.15, 0.2) is 60.8 Å². The molecule has 0 saturated carbocycles. The van der Waals surface area contributed by atoms with Gasteiger partial charge in [0.15, 0.2) is 0 Å². The van der Waals surface area contributed by atoms with Crippen LogP contribution in [0.25, 0.3) is 0 Å². The molecule has 3 aromatic rings. The van der Waals surface area contributed by atoms with E-state index in [1.807, 2.05) is 19.1 Å². The predicted octanol–water partition coefficient (Wildman–Crippen LogP) is 4.25. The van der Waals surface area contributed by atoms with Crippen molar-refractivity contribution in [3.8, 4) is 5.75 Å². The normalized spacial score (nSPS) is 13.5. The molecule has 4 rings (SSSR count). The molecule has 1 aromatic heterocycles. The number of aromatic nitrogens is 1. The highest BCUT2D eigenvalue weighted by Gasteiger charge is 2.28. The first-order chi connectivity index (χ1) is 16.4. The molecule has 174 valence electrons. The first kappa shape index (κ1) is 22.8. The molecule has 1 atom stereocenters. The summed E-state index contributed by atoms with van der Waals surface area (Å²) in [5, 5.41) is 11.9. The maximum absolute atomic E-state index is 12.7. The van der Waals surface area contributed by atoms with Crippen molar-refractivity contribution in [2.24, 2.45) is 0 Å². The average molecular weight is 461 g/mol. The predicted molar refractivity (Wildman–Crippen MR) is 123 cm³/mol. The van der Waals surface area contributed by atoms with Gasteiger partial charge < -0.3 is 24.8 Å². The van der Waals surface area contributed by atoms with Crippen molar-refractivity contribution in [3.63, 3.8) is 0 Å². The third kappa shape index (κ3) is 4.83. The Kier molecular flexibility index (Phi) is 6.44. The molecular formula is C25H23N3O6. The molecule has 0 radical (unpaired) electrons. The van der Waals surface area contributed by atoms with Crippen molar-refractivity contribution >= 4 is 23.7 Å². The fraction of sp³-hybridized carbons (Fsp3) is 0.200. The van der Waals surface area contributed by atoms with Gasteiger partial charge in [0.05, 0.1) is 37.1 Å². The number of fused-ring (bicyclic) bond motifs is 1. The Morgan fingerprint density at radius 2 is 1.85 bits per heavy atom. The lowest BCUT2D eigenvalue weighted by atomic mass is 10.0.